The van der Waals surface area contributed by atoms with Gasteiger partial charge in [-0.1, -0.05) is 0 Å². The van der Waals surface area contributed by atoms with Crippen LogP contribution in [-0.2, 0) is 15.1 Å². The molecular weight excluding hydrogens is 182 g/mol. The summed E-state index contributed by atoms with van der Waals surface area (Å²) < 4.78 is 4.58. The third-order valence-electron chi connectivity index (χ3n) is 2.02. The predicted octanol–water partition coefficient (Wildman–Crippen LogP) is 0.0107. The van der Waals surface area contributed by atoms with Gasteiger partial charge < -0.3 is 16.2 Å². The van der Waals surface area contributed by atoms with E-state index in [9.17, 15) is 4.79 Å². The molecule has 0 aromatic carbocycles. The molecule has 1 heterocycles. The number of carbonyl (C=O) groups excluding carboxylic acids is 1. The Balaban J connectivity index is 3.16. The molecule has 14 heavy (non-hydrogen) atoms. The van der Waals surface area contributed by atoms with Gasteiger partial charge >= 0.3 is 5.97 Å². The molecule has 1 unspecified atom stereocenters. The minimum Gasteiger partial charge on any atom is -0.467 e. The van der Waals surface area contributed by atoms with Crippen molar-refractivity contribution in [2.75, 3.05) is 12.8 Å². The van der Waals surface area contributed by atoms with Crippen molar-refractivity contribution in [3.05, 3.63) is 24.0 Å². The minimum absolute atomic E-state index is 0.426. The monoisotopic (exact) mass is 195 g/mol. The Morgan fingerprint density at radius 2 is 2.29 bits per heavy atom. The van der Waals surface area contributed by atoms with Crippen molar-refractivity contribution in [2.24, 2.45) is 5.73 Å². The van der Waals surface area contributed by atoms with Crippen molar-refractivity contribution >= 4 is 11.7 Å². The van der Waals surface area contributed by atoms with E-state index in [2.05, 4.69) is 9.72 Å². The smallest absolute Gasteiger partial charge is 0.330 e. The molecule has 0 saturated heterocycles. The van der Waals surface area contributed by atoms with Crippen molar-refractivity contribution in [1.29, 1.82) is 0 Å². The van der Waals surface area contributed by atoms with E-state index < -0.39 is 11.5 Å². The maximum absolute atomic E-state index is 11.4. The van der Waals surface area contributed by atoms with E-state index in [1.807, 2.05) is 0 Å². The second-order valence-electron chi connectivity index (χ2n) is 3.16. The highest BCUT2D eigenvalue weighted by atomic mass is 16.5. The van der Waals surface area contributed by atoms with Crippen LogP contribution in [0.5, 0.6) is 0 Å². The molecule has 5 nitrogen and oxygen atoms in total. The predicted molar refractivity (Wildman–Crippen MR) is 52.2 cm³/mol. The molecule has 0 aliphatic rings. The Labute approximate surface area is 82.1 Å². The average molecular weight is 195 g/mol. The van der Waals surface area contributed by atoms with E-state index in [0.717, 1.165) is 0 Å². The maximum Gasteiger partial charge on any atom is 0.330 e. The van der Waals surface area contributed by atoms with Crippen LogP contribution in [-0.4, -0.2) is 18.1 Å². The van der Waals surface area contributed by atoms with Crippen LogP contribution in [0.3, 0.4) is 0 Å². The van der Waals surface area contributed by atoms with Crippen LogP contribution in [0.4, 0.5) is 5.69 Å². The van der Waals surface area contributed by atoms with Crippen LogP contribution in [0.2, 0.25) is 0 Å². The number of ether oxygens (including phenoxy) is 1. The number of nitrogens with zero attached hydrogens (tertiary/aromatic N) is 1. The number of anilines is 1. The highest BCUT2D eigenvalue weighted by Crippen LogP contribution is 2.23. The van der Waals surface area contributed by atoms with Gasteiger partial charge in [-0.25, -0.2) is 4.79 Å². The normalized spacial score (nSPS) is 14.5. The first-order valence-electron chi connectivity index (χ1n) is 4.07. The van der Waals surface area contributed by atoms with Gasteiger partial charge in [-0.15, -0.1) is 0 Å². The fourth-order valence-electron chi connectivity index (χ4n) is 1.16. The standard InChI is InChI=1S/C9H13N3O2/c1-9(11,8(13)14-2)6-5-12-4-3-7(6)10/h3-5H,11H2,1-2H3,(H2,10,12). The lowest BCUT2D eigenvalue weighted by Gasteiger charge is -2.22. The second kappa shape index (κ2) is 3.63. The van der Waals surface area contributed by atoms with E-state index in [1.54, 1.807) is 6.07 Å². The molecule has 1 rings (SSSR count). The van der Waals surface area contributed by atoms with Crippen LogP contribution in [0, 0.1) is 0 Å². The van der Waals surface area contributed by atoms with Gasteiger partial charge in [0.15, 0.2) is 0 Å². The Morgan fingerprint density at radius 3 is 2.79 bits per heavy atom. The molecule has 76 valence electrons. The highest BCUT2D eigenvalue weighted by molar-refractivity contribution is 5.83. The number of hydrogen-bond acceptors (Lipinski definition) is 5. The van der Waals surface area contributed by atoms with Gasteiger partial charge in [0.2, 0.25) is 0 Å². The van der Waals surface area contributed by atoms with E-state index in [-0.39, 0.29) is 0 Å². The number of methoxy groups -OCH3 is 1. The number of pyridine rings is 1. The topological polar surface area (TPSA) is 91.2 Å². The van der Waals surface area contributed by atoms with Crippen molar-refractivity contribution in [2.45, 2.75) is 12.5 Å². The van der Waals surface area contributed by atoms with E-state index in [1.165, 1.54) is 26.4 Å². The number of esters is 1. The van der Waals surface area contributed by atoms with Crippen molar-refractivity contribution in [1.82, 2.24) is 4.98 Å². The first-order valence-corrected chi connectivity index (χ1v) is 4.07. The molecule has 0 aliphatic carbocycles. The molecule has 1 aromatic rings. The average Bonchev–Trinajstić information content (AvgIpc) is 2.17. The van der Waals surface area contributed by atoms with Gasteiger partial charge in [-0.2, -0.15) is 0 Å². The van der Waals surface area contributed by atoms with E-state index in [0.29, 0.717) is 11.3 Å². The summed E-state index contributed by atoms with van der Waals surface area (Å²) in [6.07, 6.45) is 3.00. The Morgan fingerprint density at radius 1 is 1.64 bits per heavy atom. The van der Waals surface area contributed by atoms with E-state index >= 15 is 0 Å². The first-order chi connectivity index (χ1) is 6.50. The third kappa shape index (κ3) is 1.67. The van der Waals surface area contributed by atoms with Gasteiger partial charge in [0, 0.05) is 23.6 Å². The summed E-state index contributed by atoms with van der Waals surface area (Å²) in [6, 6.07) is 1.59. The summed E-state index contributed by atoms with van der Waals surface area (Å²) in [4.78, 5) is 15.2. The van der Waals surface area contributed by atoms with Gasteiger partial charge in [0.1, 0.15) is 5.54 Å². The maximum atomic E-state index is 11.4. The molecule has 0 spiro atoms. The molecule has 0 fully saturated rings. The van der Waals surface area contributed by atoms with E-state index in [4.69, 9.17) is 11.5 Å². The number of carbonyl (C=O) groups is 1. The van der Waals surface area contributed by atoms with Crippen LogP contribution in [0.25, 0.3) is 0 Å². The molecular formula is C9H13N3O2. The van der Waals surface area contributed by atoms with Crippen LogP contribution in [0.15, 0.2) is 18.5 Å². The molecule has 0 radical (unpaired) electrons. The number of nitrogen functional groups attached to an aromatic ring is 1. The van der Waals surface area contributed by atoms with Crippen molar-refractivity contribution < 1.29 is 9.53 Å². The van der Waals surface area contributed by atoms with Gasteiger partial charge in [-0.05, 0) is 13.0 Å². The number of aromatic nitrogens is 1. The summed E-state index contributed by atoms with van der Waals surface area (Å²) in [5.41, 5.74) is 11.1. The molecule has 1 aromatic heterocycles. The summed E-state index contributed by atoms with van der Waals surface area (Å²) in [6.45, 7) is 1.53. The molecule has 0 saturated carbocycles. The fourth-order valence-corrected chi connectivity index (χ4v) is 1.16. The Kier molecular flexibility index (Phi) is 2.71. The molecule has 4 N–H and O–H groups in total. The zero-order valence-corrected chi connectivity index (χ0v) is 8.15. The Bertz CT molecular complexity index is 350. The SMILES string of the molecule is COC(=O)C(C)(N)c1cnccc1N. The third-order valence-corrected chi connectivity index (χ3v) is 2.02. The fraction of sp³-hybridized carbons (Fsp3) is 0.333. The van der Waals surface area contributed by atoms with Crippen molar-refractivity contribution in [3.63, 3.8) is 0 Å². The molecule has 0 aliphatic heterocycles. The highest BCUT2D eigenvalue weighted by Gasteiger charge is 2.33. The molecule has 0 bridgehead atoms. The summed E-state index contributed by atoms with van der Waals surface area (Å²) >= 11 is 0. The number of hydrogen-bond donors (Lipinski definition) is 2. The summed E-state index contributed by atoms with van der Waals surface area (Å²) in [5, 5.41) is 0. The zero-order valence-electron chi connectivity index (χ0n) is 8.15. The molecule has 1 atom stereocenters. The van der Waals surface area contributed by atoms with Crippen molar-refractivity contribution in [3.8, 4) is 0 Å². The lowest BCUT2D eigenvalue weighted by Crippen LogP contribution is -2.43. The van der Waals surface area contributed by atoms with Crippen LogP contribution < -0.4 is 11.5 Å². The number of nitrogens with two attached hydrogens (primary N) is 2. The van der Waals surface area contributed by atoms with Gasteiger partial charge in [0.25, 0.3) is 0 Å². The van der Waals surface area contributed by atoms with Crippen LogP contribution in [0.1, 0.15) is 12.5 Å². The molecule has 0 amide bonds. The molecule has 5 heteroatoms. The van der Waals surface area contributed by atoms with Crippen LogP contribution >= 0.6 is 0 Å². The summed E-state index contributed by atoms with van der Waals surface area (Å²) in [5.74, 6) is -0.544. The summed E-state index contributed by atoms with van der Waals surface area (Å²) in [7, 11) is 1.28. The Hall–Kier alpha value is -1.62. The first kappa shape index (κ1) is 10.5. The van der Waals surface area contributed by atoms with Gasteiger partial charge in [-0.3, -0.25) is 4.98 Å². The second-order valence-corrected chi connectivity index (χ2v) is 3.16. The zero-order chi connectivity index (χ0) is 10.8. The number of rotatable bonds is 2. The largest absolute Gasteiger partial charge is 0.467 e. The minimum atomic E-state index is -1.26. The lowest BCUT2D eigenvalue weighted by atomic mass is 9.93. The lowest BCUT2D eigenvalue weighted by molar-refractivity contribution is -0.146. The quantitative estimate of drug-likeness (QED) is 0.648. The van der Waals surface area contributed by atoms with Gasteiger partial charge in [0.05, 0.1) is 7.11 Å².